The van der Waals surface area contributed by atoms with Gasteiger partial charge >= 0.3 is 0 Å². The number of amidine groups is 5. The summed E-state index contributed by atoms with van der Waals surface area (Å²) in [6, 6.07) is 51.5. The summed E-state index contributed by atoms with van der Waals surface area (Å²) >= 11 is 0. The van der Waals surface area contributed by atoms with Crippen molar-refractivity contribution in [1.82, 2.24) is 14.5 Å². The van der Waals surface area contributed by atoms with E-state index in [1.165, 1.54) is 0 Å². The second kappa shape index (κ2) is 17.6. The first-order valence-corrected chi connectivity index (χ1v) is 22.0. The molecule has 12 rings (SSSR count). The third-order valence-corrected chi connectivity index (χ3v) is 11.8. The zero-order valence-electron chi connectivity index (χ0n) is 37.5. The second-order valence-electron chi connectivity index (χ2n) is 15.6. The average Bonchev–Trinajstić information content (AvgIpc) is 4.22. The van der Waals surface area contributed by atoms with Crippen molar-refractivity contribution in [1.29, 1.82) is 0 Å². The smallest absolute Gasteiger partial charge is 0.280 e. The number of hydrogen-bond acceptors (Lipinski definition) is 6. The number of nitrogens with one attached hydrogen (secondary N) is 1. The molecule has 6 aromatic carbocycles. The number of aromatic hydroxyl groups is 1. The van der Waals surface area contributed by atoms with E-state index in [1.807, 2.05) is 165 Å². The van der Waals surface area contributed by atoms with Crippen molar-refractivity contribution in [2.45, 2.75) is 13.8 Å². The highest BCUT2D eigenvalue weighted by Crippen LogP contribution is 2.40. The van der Waals surface area contributed by atoms with Gasteiger partial charge in [0, 0.05) is 77.1 Å². The monoisotopic (exact) mass is 876 g/mol. The molecule has 0 saturated heterocycles. The van der Waals surface area contributed by atoms with E-state index in [1.54, 1.807) is 7.05 Å². The number of nitrogens with zero attached hydrogens (tertiary/aromatic N) is 9. The molecule has 8 aromatic rings. The molecule has 0 bridgehead atoms. The minimum atomic E-state index is -0.329. The van der Waals surface area contributed by atoms with E-state index in [4.69, 9.17) is 20.0 Å². The van der Waals surface area contributed by atoms with Gasteiger partial charge in [0.25, 0.3) is 5.91 Å². The highest BCUT2D eigenvalue weighted by molar-refractivity contribution is 6.32. The number of carbonyl (C=O) groups is 1. The molecule has 2 aromatic heterocycles. The molecule has 0 atom stereocenters. The normalized spacial score (nSPS) is 16.4. The van der Waals surface area contributed by atoms with Crippen molar-refractivity contribution in [3.8, 4) is 17.1 Å². The van der Waals surface area contributed by atoms with Gasteiger partial charge in [0.1, 0.15) is 23.3 Å². The van der Waals surface area contributed by atoms with Crippen LogP contribution in [0.25, 0.3) is 22.0 Å². The minimum absolute atomic E-state index is 0.0256. The van der Waals surface area contributed by atoms with E-state index >= 15 is 0 Å². The molecule has 67 heavy (non-hydrogen) atoms. The van der Waals surface area contributed by atoms with Crippen LogP contribution >= 0.6 is 0 Å². The number of aromatic nitrogens is 2. The Morgan fingerprint density at radius 1 is 0.552 bits per heavy atom. The van der Waals surface area contributed by atoms with Crippen molar-refractivity contribution < 1.29 is 9.90 Å². The van der Waals surface area contributed by atoms with Crippen LogP contribution in [0.3, 0.4) is 0 Å². The molecule has 1 amide bonds. The van der Waals surface area contributed by atoms with Gasteiger partial charge < -0.3 is 19.6 Å². The number of aliphatic imine (C=N–C) groups is 7. The largest absolute Gasteiger partial charge is 0.494 e. The maximum absolute atomic E-state index is 12.3. The van der Waals surface area contributed by atoms with Crippen LogP contribution in [0.5, 0.6) is 5.88 Å². The number of aromatic amines is 1. The summed E-state index contributed by atoms with van der Waals surface area (Å²) in [5, 5.41) is 12.3. The Labute approximate surface area is 387 Å². The van der Waals surface area contributed by atoms with Crippen LogP contribution in [0.1, 0.15) is 68.7 Å². The topological polar surface area (TPSA) is 148 Å². The predicted octanol–water partition coefficient (Wildman–Crippen LogP) is 10.7. The lowest BCUT2D eigenvalue weighted by atomic mass is 10.0. The summed E-state index contributed by atoms with van der Waals surface area (Å²) in [5.74, 6) is 4.84. The summed E-state index contributed by atoms with van der Waals surface area (Å²) in [6.45, 7) is 4.00. The highest BCUT2D eigenvalue weighted by Gasteiger charge is 2.34. The zero-order chi connectivity index (χ0) is 46.2. The molecule has 2 N–H and O–H groups in total. The van der Waals surface area contributed by atoms with E-state index in [2.05, 4.69) is 56.4 Å². The molecule has 326 valence electrons. The Bertz CT molecular complexity index is 3500. The molecule has 12 heteroatoms. The highest BCUT2D eigenvalue weighted by atomic mass is 16.3. The van der Waals surface area contributed by atoms with Crippen LogP contribution in [-0.4, -0.2) is 80.7 Å². The number of benzene rings is 6. The van der Waals surface area contributed by atoms with Gasteiger partial charge in [-0.25, -0.2) is 30.0 Å². The fourth-order valence-corrected chi connectivity index (χ4v) is 8.78. The predicted molar refractivity (Wildman–Crippen MR) is 271 cm³/mol. The number of fused-ring (bicyclic) bond motifs is 5. The van der Waals surface area contributed by atoms with Gasteiger partial charge in [0.05, 0.1) is 22.5 Å². The van der Waals surface area contributed by atoms with Crippen LogP contribution in [-0.2, 0) is 7.05 Å². The number of rotatable bonds is 4. The number of carbonyl (C=O) groups excluding carboxylic acids is 1. The maximum Gasteiger partial charge on any atom is 0.280 e. The van der Waals surface area contributed by atoms with E-state index in [0.717, 1.165) is 78.6 Å². The Balaban J connectivity index is 0.000000183. The first-order chi connectivity index (χ1) is 32.9. The second-order valence-corrected chi connectivity index (χ2v) is 15.6. The molecule has 4 aliphatic heterocycles. The van der Waals surface area contributed by atoms with Crippen LogP contribution in [0, 0.1) is 0 Å². The van der Waals surface area contributed by atoms with Crippen LogP contribution in [0.2, 0.25) is 0 Å². The van der Waals surface area contributed by atoms with Gasteiger partial charge in [-0.2, -0.15) is 0 Å². The molecule has 6 heterocycles. The molecule has 0 unspecified atom stereocenters. The lowest BCUT2D eigenvalue weighted by Gasteiger charge is -2.13. The lowest BCUT2D eigenvalue weighted by Crippen LogP contribution is -2.27. The van der Waals surface area contributed by atoms with E-state index in [-0.39, 0.29) is 11.8 Å². The first-order valence-electron chi connectivity index (χ1n) is 22.0. The van der Waals surface area contributed by atoms with Crippen molar-refractivity contribution in [3.63, 3.8) is 0 Å². The first kappa shape index (κ1) is 42.1. The maximum atomic E-state index is 12.3. The Morgan fingerprint density at radius 2 is 1.09 bits per heavy atom. The third-order valence-electron chi connectivity index (χ3n) is 11.8. The van der Waals surface area contributed by atoms with Gasteiger partial charge in [-0.15, -0.1) is 0 Å². The van der Waals surface area contributed by atoms with Crippen LogP contribution in [0.15, 0.2) is 193 Å². The Kier molecular flexibility index (Phi) is 11.0. The molecule has 0 spiro atoms. The molecule has 0 saturated carbocycles. The minimum Gasteiger partial charge on any atom is -0.494 e. The molecular weight excluding hydrogens is 833 g/mol. The lowest BCUT2D eigenvalue weighted by molar-refractivity contribution is 0.101. The van der Waals surface area contributed by atoms with Crippen molar-refractivity contribution >= 4 is 69.4 Å². The van der Waals surface area contributed by atoms with E-state index < -0.39 is 0 Å². The Morgan fingerprint density at radius 3 is 1.75 bits per heavy atom. The van der Waals surface area contributed by atoms with Gasteiger partial charge in [0.2, 0.25) is 0 Å². The fourth-order valence-electron chi connectivity index (χ4n) is 8.78. The SMILES string of the molecule is CC.CN=C1c2ccccc2C(=NC2=NC(=Nc3c4ccccc4c(N=C4N=Cc5ccccc54)n3C)c3ccccc32)N1C.O=C1N=C(c2ccccc2)c2c(O)[nH]c(-c3ccccc3)c21. The van der Waals surface area contributed by atoms with Crippen molar-refractivity contribution in [3.05, 3.63) is 208 Å². The molecular formula is C55H44N10O2. The molecule has 12 nitrogen and oxygen atoms in total. The van der Waals surface area contributed by atoms with E-state index in [9.17, 15) is 9.90 Å². The van der Waals surface area contributed by atoms with Gasteiger partial charge in [-0.1, -0.05) is 172 Å². The number of amides is 1. The quantitative estimate of drug-likeness (QED) is 0.181. The fraction of sp³-hybridized carbons (Fsp3) is 0.0909. The number of hydrogen-bond donors (Lipinski definition) is 2. The van der Waals surface area contributed by atoms with Crippen LogP contribution in [0.4, 0.5) is 11.6 Å². The third kappa shape index (κ3) is 7.30. The van der Waals surface area contributed by atoms with Crippen LogP contribution < -0.4 is 0 Å². The summed E-state index contributed by atoms with van der Waals surface area (Å²) in [7, 11) is 5.79. The van der Waals surface area contributed by atoms with Gasteiger partial charge in [0.15, 0.2) is 23.4 Å². The summed E-state index contributed by atoms with van der Waals surface area (Å²) < 4.78 is 2.02. The average molecular weight is 877 g/mol. The summed E-state index contributed by atoms with van der Waals surface area (Å²) in [6.07, 6.45) is 1.86. The molecule has 0 aliphatic carbocycles. The number of H-pyrrole nitrogens is 1. The molecule has 0 fully saturated rings. The summed E-state index contributed by atoms with van der Waals surface area (Å²) in [5.41, 5.74) is 9.75. The van der Waals surface area contributed by atoms with Crippen molar-refractivity contribution in [2.75, 3.05) is 14.1 Å². The van der Waals surface area contributed by atoms with E-state index in [0.29, 0.717) is 40.0 Å². The summed E-state index contributed by atoms with van der Waals surface area (Å²) in [4.78, 5) is 50.8. The zero-order valence-corrected chi connectivity index (χ0v) is 37.5. The standard InChI is InChI=1S/C35H26N8.C18H12N2O2.C2H6/c1-36-32-25-16-8-9-17-26(25)34(42(32)2)40-30-23-14-6-7-15-24(23)31(38-30)41-35-28-19-11-10-18-27(28)33(43(35)3)39-29-22-13-5-4-12-21(22)20-37-29;21-17-13-14(16(20-17)12-9-5-2-6-10-12)18(22)19-15(13)11-7-3-1-4-8-11;1-2/h4-20H,1-3H3;1-10,19,22H;1-2H3. The van der Waals surface area contributed by atoms with Crippen molar-refractivity contribution in [2.24, 2.45) is 42.0 Å². The molecule has 4 aliphatic rings. The van der Waals surface area contributed by atoms with Gasteiger partial charge in [-0.05, 0) is 5.56 Å². The Hall–Kier alpha value is -8.90. The molecule has 0 radical (unpaired) electrons. The van der Waals surface area contributed by atoms with Gasteiger partial charge in [-0.3, -0.25) is 9.79 Å².